The molecule has 0 unspecified atom stereocenters. The van der Waals surface area contributed by atoms with Gasteiger partial charge in [0, 0.05) is 12.7 Å². The van der Waals surface area contributed by atoms with Crippen molar-refractivity contribution in [2.24, 2.45) is 0 Å². The van der Waals surface area contributed by atoms with Gasteiger partial charge in [-0.1, -0.05) is 0 Å². The number of methoxy groups -OCH3 is 1. The first kappa shape index (κ1) is 15.0. The molecule has 1 aromatic carbocycles. The molecule has 1 aromatic heterocycles. The molecule has 21 heavy (non-hydrogen) atoms. The number of ether oxygens (including phenoxy) is 1. The van der Waals surface area contributed by atoms with Crippen LogP contribution in [0.1, 0.15) is 17.3 Å². The fourth-order valence-electron chi connectivity index (χ4n) is 1.69. The van der Waals surface area contributed by atoms with Crippen LogP contribution < -0.4 is 4.72 Å². The zero-order valence-electron chi connectivity index (χ0n) is 11.6. The van der Waals surface area contributed by atoms with Gasteiger partial charge in [0.05, 0.1) is 29.5 Å². The molecule has 112 valence electrons. The lowest BCUT2D eigenvalue weighted by Crippen LogP contribution is -2.13. The highest BCUT2D eigenvalue weighted by Crippen LogP contribution is 2.16. The second-order valence-corrected chi connectivity index (χ2v) is 5.89. The summed E-state index contributed by atoms with van der Waals surface area (Å²) in [4.78, 5) is 11.4. The third-order valence-electron chi connectivity index (χ3n) is 2.80. The predicted molar refractivity (Wildman–Crippen MR) is 76.5 cm³/mol. The SMILES string of the molecule is CCn1cc(NS(=O)(=O)c2ccc(C(=O)OC)cc2)cn1. The van der Waals surface area contributed by atoms with Gasteiger partial charge < -0.3 is 4.74 Å². The molecule has 7 nitrogen and oxygen atoms in total. The fraction of sp³-hybridized carbons (Fsp3) is 0.231. The standard InChI is InChI=1S/C13H15N3O4S/c1-3-16-9-11(8-14-16)15-21(18,19)12-6-4-10(5-7-12)13(17)20-2/h4-9,15H,3H2,1-2H3. The smallest absolute Gasteiger partial charge is 0.337 e. The average Bonchev–Trinajstić information content (AvgIpc) is 2.93. The van der Waals surface area contributed by atoms with Crippen molar-refractivity contribution in [3.63, 3.8) is 0 Å². The minimum Gasteiger partial charge on any atom is -0.465 e. The van der Waals surface area contributed by atoms with Crippen molar-refractivity contribution in [1.29, 1.82) is 0 Å². The van der Waals surface area contributed by atoms with Gasteiger partial charge in [-0.15, -0.1) is 0 Å². The fourth-order valence-corrected chi connectivity index (χ4v) is 2.72. The first-order valence-electron chi connectivity index (χ1n) is 6.20. The van der Waals surface area contributed by atoms with Crippen LogP contribution in [0.4, 0.5) is 5.69 Å². The van der Waals surface area contributed by atoms with Gasteiger partial charge in [-0.05, 0) is 31.2 Å². The molecule has 0 bridgehead atoms. The molecule has 0 saturated heterocycles. The lowest BCUT2D eigenvalue weighted by molar-refractivity contribution is 0.0600. The molecule has 0 fully saturated rings. The van der Waals surface area contributed by atoms with Crippen LogP contribution in [0.5, 0.6) is 0 Å². The molecule has 0 atom stereocenters. The minimum absolute atomic E-state index is 0.0550. The highest BCUT2D eigenvalue weighted by Gasteiger charge is 2.16. The van der Waals surface area contributed by atoms with Crippen LogP contribution in [0.2, 0.25) is 0 Å². The van der Waals surface area contributed by atoms with E-state index in [1.165, 1.54) is 37.6 Å². The molecule has 8 heteroatoms. The first-order valence-corrected chi connectivity index (χ1v) is 7.68. The summed E-state index contributed by atoms with van der Waals surface area (Å²) in [6, 6.07) is 5.49. The molecule has 1 heterocycles. The number of aryl methyl sites for hydroxylation is 1. The van der Waals surface area contributed by atoms with Crippen molar-refractivity contribution < 1.29 is 17.9 Å². The monoisotopic (exact) mass is 309 g/mol. The first-order chi connectivity index (χ1) is 9.96. The normalized spacial score (nSPS) is 11.1. The summed E-state index contributed by atoms with van der Waals surface area (Å²) in [5.74, 6) is -0.517. The van der Waals surface area contributed by atoms with E-state index < -0.39 is 16.0 Å². The summed E-state index contributed by atoms with van der Waals surface area (Å²) in [6.45, 7) is 2.55. The number of carbonyl (C=O) groups excluding carboxylic acids is 1. The highest BCUT2D eigenvalue weighted by molar-refractivity contribution is 7.92. The zero-order chi connectivity index (χ0) is 15.5. The number of benzene rings is 1. The Bertz CT molecular complexity index is 735. The Morgan fingerprint density at radius 3 is 2.52 bits per heavy atom. The van der Waals surface area contributed by atoms with Crippen LogP contribution >= 0.6 is 0 Å². The van der Waals surface area contributed by atoms with Crippen LogP contribution in [-0.4, -0.2) is 31.3 Å². The number of anilines is 1. The van der Waals surface area contributed by atoms with Crippen molar-refractivity contribution in [3.8, 4) is 0 Å². The van der Waals surface area contributed by atoms with Gasteiger partial charge in [0.1, 0.15) is 0 Å². The summed E-state index contributed by atoms with van der Waals surface area (Å²) in [5.41, 5.74) is 0.671. The maximum absolute atomic E-state index is 12.2. The molecule has 0 aliphatic heterocycles. The lowest BCUT2D eigenvalue weighted by Gasteiger charge is -2.06. The van der Waals surface area contributed by atoms with Gasteiger partial charge in [-0.3, -0.25) is 9.40 Å². The van der Waals surface area contributed by atoms with Crippen molar-refractivity contribution in [3.05, 3.63) is 42.2 Å². The van der Waals surface area contributed by atoms with Gasteiger partial charge in [0.15, 0.2) is 0 Å². The number of nitrogens with zero attached hydrogens (tertiary/aromatic N) is 2. The summed E-state index contributed by atoms with van der Waals surface area (Å²) in [5, 5.41) is 3.99. The largest absolute Gasteiger partial charge is 0.465 e. The Hall–Kier alpha value is -2.35. The van der Waals surface area contributed by atoms with E-state index in [2.05, 4.69) is 14.6 Å². The molecule has 0 saturated carbocycles. The van der Waals surface area contributed by atoms with Crippen molar-refractivity contribution >= 4 is 21.7 Å². The van der Waals surface area contributed by atoms with E-state index in [1.54, 1.807) is 10.9 Å². The summed E-state index contributed by atoms with van der Waals surface area (Å²) >= 11 is 0. The molecular formula is C13H15N3O4S. The third-order valence-corrected chi connectivity index (χ3v) is 4.19. The molecule has 1 N–H and O–H groups in total. The van der Waals surface area contributed by atoms with E-state index in [1.807, 2.05) is 6.92 Å². The Balaban J connectivity index is 2.21. The third kappa shape index (κ3) is 3.40. The Labute approximate surface area is 122 Å². The molecule has 0 aliphatic carbocycles. The number of nitrogens with one attached hydrogen (secondary N) is 1. The van der Waals surface area contributed by atoms with Crippen molar-refractivity contribution in [2.45, 2.75) is 18.4 Å². The average molecular weight is 309 g/mol. The van der Waals surface area contributed by atoms with E-state index >= 15 is 0 Å². The second-order valence-electron chi connectivity index (χ2n) is 4.21. The number of esters is 1. The maximum Gasteiger partial charge on any atom is 0.337 e. The number of rotatable bonds is 5. The van der Waals surface area contributed by atoms with E-state index in [0.717, 1.165) is 0 Å². The topological polar surface area (TPSA) is 90.3 Å². The Kier molecular flexibility index (Phi) is 4.27. The lowest BCUT2D eigenvalue weighted by atomic mass is 10.2. The number of aromatic nitrogens is 2. The van der Waals surface area contributed by atoms with Crippen LogP contribution in [0.15, 0.2) is 41.6 Å². The van der Waals surface area contributed by atoms with Crippen molar-refractivity contribution in [2.75, 3.05) is 11.8 Å². The summed E-state index contributed by atoms with van der Waals surface area (Å²) in [7, 11) is -2.45. The molecule has 0 radical (unpaired) electrons. The van der Waals surface area contributed by atoms with Gasteiger partial charge >= 0.3 is 5.97 Å². The molecule has 2 aromatic rings. The molecule has 0 spiro atoms. The highest BCUT2D eigenvalue weighted by atomic mass is 32.2. The number of hydrogen-bond acceptors (Lipinski definition) is 5. The van der Waals surface area contributed by atoms with Gasteiger partial charge in [-0.2, -0.15) is 5.10 Å². The second kappa shape index (κ2) is 5.96. The summed E-state index contributed by atoms with van der Waals surface area (Å²) < 4.78 is 33.0. The number of hydrogen-bond donors (Lipinski definition) is 1. The van der Waals surface area contributed by atoms with Gasteiger partial charge in [0.25, 0.3) is 10.0 Å². The van der Waals surface area contributed by atoms with Crippen LogP contribution in [-0.2, 0) is 21.3 Å². The van der Waals surface area contributed by atoms with Crippen LogP contribution in [0.3, 0.4) is 0 Å². The quantitative estimate of drug-likeness (QED) is 0.845. The minimum atomic E-state index is -3.71. The van der Waals surface area contributed by atoms with Crippen molar-refractivity contribution in [1.82, 2.24) is 9.78 Å². The number of carbonyl (C=O) groups is 1. The van der Waals surface area contributed by atoms with Crippen LogP contribution in [0, 0.1) is 0 Å². The predicted octanol–water partition coefficient (Wildman–Crippen LogP) is 1.49. The van der Waals surface area contributed by atoms with E-state index in [-0.39, 0.29) is 10.5 Å². The van der Waals surface area contributed by atoms with Gasteiger partial charge in [0.2, 0.25) is 0 Å². The Morgan fingerprint density at radius 1 is 1.33 bits per heavy atom. The molecule has 0 aliphatic rings. The molecule has 0 amide bonds. The van der Waals surface area contributed by atoms with E-state index in [0.29, 0.717) is 12.2 Å². The Morgan fingerprint density at radius 2 is 2.00 bits per heavy atom. The molecular weight excluding hydrogens is 294 g/mol. The molecule has 2 rings (SSSR count). The van der Waals surface area contributed by atoms with E-state index in [9.17, 15) is 13.2 Å². The zero-order valence-corrected chi connectivity index (χ0v) is 12.4. The summed E-state index contributed by atoms with van der Waals surface area (Å²) in [6.07, 6.45) is 3.03. The van der Waals surface area contributed by atoms with Crippen LogP contribution in [0.25, 0.3) is 0 Å². The number of sulfonamides is 1. The maximum atomic E-state index is 12.2. The van der Waals surface area contributed by atoms with E-state index in [4.69, 9.17) is 0 Å². The van der Waals surface area contributed by atoms with Gasteiger partial charge in [-0.25, -0.2) is 13.2 Å².